The van der Waals surface area contributed by atoms with Gasteiger partial charge in [0.15, 0.2) is 17.8 Å². The van der Waals surface area contributed by atoms with Gasteiger partial charge < -0.3 is 40.1 Å². The van der Waals surface area contributed by atoms with Crippen LogP contribution in [0.4, 0.5) is 0 Å². The Hall–Kier alpha value is -2.69. The molecule has 160 valence electrons. The molecule has 6 atom stereocenters. The van der Waals surface area contributed by atoms with Gasteiger partial charge in [0, 0.05) is 5.92 Å². The minimum absolute atomic E-state index is 0.0277. The Balaban J connectivity index is 2.00. The van der Waals surface area contributed by atoms with Crippen LogP contribution < -0.4 is 4.74 Å². The Morgan fingerprint density at radius 2 is 1.60 bits per heavy atom. The summed E-state index contributed by atoms with van der Waals surface area (Å²) in [5.41, 5.74) is 1.17. The first-order valence-electron chi connectivity index (χ1n) is 9.33. The standard InChI is InChI=1S/C21H22O9/c1-7-5-9-12(20-17(26)16(25)18(27)21(28)30-20)8-3-4-10(22)19(29-2)14(8)15(24)13(9)11(23)6-7/h3-6,12,16-18,20-23,25-28H,1-2H3. The highest BCUT2D eigenvalue weighted by molar-refractivity contribution is 6.16. The van der Waals surface area contributed by atoms with E-state index in [9.17, 15) is 35.4 Å². The Morgan fingerprint density at radius 3 is 2.27 bits per heavy atom. The Morgan fingerprint density at radius 1 is 0.900 bits per heavy atom. The summed E-state index contributed by atoms with van der Waals surface area (Å²) < 4.78 is 10.7. The Labute approximate surface area is 171 Å². The number of benzene rings is 2. The number of ketones is 1. The van der Waals surface area contributed by atoms with Crippen LogP contribution in [0.3, 0.4) is 0 Å². The zero-order valence-corrected chi connectivity index (χ0v) is 16.2. The van der Waals surface area contributed by atoms with Crippen LogP contribution in [0.2, 0.25) is 0 Å². The number of phenols is 2. The summed E-state index contributed by atoms with van der Waals surface area (Å²) in [4.78, 5) is 13.3. The number of aromatic hydroxyl groups is 2. The number of hydrogen-bond acceptors (Lipinski definition) is 9. The van der Waals surface area contributed by atoms with Gasteiger partial charge >= 0.3 is 0 Å². The lowest BCUT2D eigenvalue weighted by Gasteiger charge is -2.43. The maximum Gasteiger partial charge on any atom is 0.201 e. The van der Waals surface area contributed by atoms with Crippen molar-refractivity contribution in [1.82, 2.24) is 0 Å². The molecule has 0 aromatic heterocycles. The number of carbonyl (C=O) groups excluding carboxylic acids is 1. The summed E-state index contributed by atoms with van der Waals surface area (Å²) in [6, 6.07) is 5.81. The van der Waals surface area contributed by atoms with Crippen LogP contribution in [-0.2, 0) is 4.74 Å². The van der Waals surface area contributed by atoms with E-state index in [-0.39, 0.29) is 28.4 Å². The molecule has 2 aromatic carbocycles. The molecule has 1 fully saturated rings. The third kappa shape index (κ3) is 2.86. The molecule has 6 N–H and O–H groups in total. The molecule has 30 heavy (non-hydrogen) atoms. The minimum atomic E-state index is -1.78. The van der Waals surface area contributed by atoms with Crippen molar-refractivity contribution in [2.24, 2.45) is 0 Å². The molecule has 0 bridgehead atoms. The average Bonchev–Trinajstić information content (AvgIpc) is 2.69. The molecule has 0 spiro atoms. The fraction of sp³-hybridized carbons (Fsp3) is 0.381. The van der Waals surface area contributed by atoms with E-state index in [1.165, 1.54) is 25.3 Å². The van der Waals surface area contributed by atoms with Gasteiger partial charge in [-0.15, -0.1) is 0 Å². The zero-order chi connectivity index (χ0) is 21.9. The molecule has 0 amide bonds. The van der Waals surface area contributed by atoms with Crippen molar-refractivity contribution in [3.8, 4) is 17.2 Å². The summed E-state index contributed by atoms with van der Waals surface area (Å²) in [5.74, 6) is -2.23. The van der Waals surface area contributed by atoms with E-state index in [4.69, 9.17) is 9.47 Å². The van der Waals surface area contributed by atoms with E-state index in [0.29, 0.717) is 16.7 Å². The third-order valence-electron chi connectivity index (χ3n) is 5.74. The number of methoxy groups -OCH3 is 1. The molecule has 9 nitrogen and oxygen atoms in total. The molecule has 0 radical (unpaired) electrons. The molecule has 2 aliphatic rings. The van der Waals surface area contributed by atoms with Crippen LogP contribution >= 0.6 is 0 Å². The number of aliphatic hydroxyl groups is 4. The van der Waals surface area contributed by atoms with E-state index in [1.807, 2.05) is 0 Å². The SMILES string of the molecule is COc1c(O)ccc2c1C(=O)c1c(O)cc(C)cc1C2C1OC(O)C(O)C(O)C1O. The van der Waals surface area contributed by atoms with Crippen molar-refractivity contribution in [2.45, 2.75) is 43.5 Å². The molecular weight excluding hydrogens is 396 g/mol. The molecule has 2 aromatic rings. The van der Waals surface area contributed by atoms with Gasteiger partial charge in [-0.1, -0.05) is 12.1 Å². The molecule has 4 rings (SSSR count). The summed E-state index contributed by atoms with van der Waals surface area (Å²) in [6.07, 6.45) is -8.11. The van der Waals surface area contributed by atoms with E-state index < -0.39 is 42.4 Å². The number of carbonyl (C=O) groups is 1. The monoisotopic (exact) mass is 418 g/mol. The van der Waals surface area contributed by atoms with Crippen molar-refractivity contribution in [3.63, 3.8) is 0 Å². The normalized spacial score (nSPS) is 30.5. The lowest BCUT2D eigenvalue weighted by molar-refractivity contribution is -0.284. The van der Waals surface area contributed by atoms with E-state index >= 15 is 0 Å². The van der Waals surface area contributed by atoms with Crippen molar-refractivity contribution in [2.75, 3.05) is 7.11 Å². The predicted molar refractivity (Wildman–Crippen MR) is 102 cm³/mol. The summed E-state index contributed by atoms with van der Waals surface area (Å²) in [7, 11) is 1.28. The van der Waals surface area contributed by atoms with Crippen molar-refractivity contribution >= 4 is 5.78 Å². The van der Waals surface area contributed by atoms with Crippen LogP contribution in [0.5, 0.6) is 17.2 Å². The third-order valence-corrected chi connectivity index (χ3v) is 5.74. The number of ether oxygens (including phenoxy) is 2. The number of hydrogen-bond donors (Lipinski definition) is 6. The number of phenolic OH excluding ortho intramolecular Hbond substituents is 2. The molecule has 0 saturated carbocycles. The highest BCUT2D eigenvalue weighted by Gasteiger charge is 2.50. The zero-order valence-electron chi connectivity index (χ0n) is 16.2. The second-order valence-corrected chi connectivity index (χ2v) is 7.60. The topological polar surface area (TPSA) is 157 Å². The summed E-state index contributed by atoms with van der Waals surface area (Å²) >= 11 is 0. The molecule has 1 heterocycles. The molecule has 1 aliphatic carbocycles. The van der Waals surface area contributed by atoms with Crippen molar-refractivity contribution < 1.29 is 44.9 Å². The van der Waals surface area contributed by atoms with Crippen molar-refractivity contribution in [1.29, 1.82) is 0 Å². The molecule has 1 saturated heterocycles. The van der Waals surface area contributed by atoms with Gasteiger partial charge in [-0.25, -0.2) is 0 Å². The van der Waals surface area contributed by atoms with Gasteiger partial charge in [-0.05, 0) is 35.7 Å². The number of rotatable bonds is 2. The number of fused-ring (bicyclic) bond motifs is 2. The predicted octanol–water partition coefficient (Wildman–Crippen LogP) is -0.109. The average molecular weight is 418 g/mol. The first-order chi connectivity index (χ1) is 14.2. The highest BCUT2D eigenvalue weighted by atomic mass is 16.6. The lowest BCUT2D eigenvalue weighted by atomic mass is 9.71. The van der Waals surface area contributed by atoms with Gasteiger partial charge in [0.1, 0.15) is 30.2 Å². The van der Waals surface area contributed by atoms with Crippen molar-refractivity contribution in [3.05, 3.63) is 52.1 Å². The maximum atomic E-state index is 13.3. The van der Waals surface area contributed by atoms with Crippen LogP contribution in [0.25, 0.3) is 0 Å². The van der Waals surface area contributed by atoms with Gasteiger partial charge in [0.25, 0.3) is 0 Å². The van der Waals surface area contributed by atoms with Gasteiger partial charge in [-0.2, -0.15) is 0 Å². The smallest absolute Gasteiger partial charge is 0.201 e. The lowest BCUT2D eigenvalue weighted by Crippen LogP contribution is -2.59. The largest absolute Gasteiger partial charge is 0.507 e. The Kier molecular flexibility index (Phi) is 4.95. The van der Waals surface area contributed by atoms with Gasteiger partial charge in [0.2, 0.25) is 5.78 Å². The van der Waals surface area contributed by atoms with Crippen LogP contribution in [-0.4, -0.2) is 74.2 Å². The van der Waals surface area contributed by atoms with E-state index in [1.54, 1.807) is 13.0 Å². The van der Waals surface area contributed by atoms with Crippen LogP contribution in [0.1, 0.15) is 38.5 Å². The second kappa shape index (κ2) is 7.22. The molecular formula is C21H22O9. The summed E-state index contributed by atoms with van der Waals surface area (Å²) in [5, 5.41) is 61.4. The first-order valence-corrected chi connectivity index (χ1v) is 9.33. The fourth-order valence-corrected chi connectivity index (χ4v) is 4.38. The fourth-order valence-electron chi connectivity index (χ4n) is 4.38. The van der Waals surface area contributed by atoms with E-state index in [2.05, 4.69) is 0 Å². The molecule has 6 unspecified atom stereocenters. The highest BCUT2D eigenvalue weighted by Crippen LogP contribution is 2.49. The second-order valence-electron chi connectivity index (χ2n) is 7.60. The van der Waals surface area contributed by atoms with Crippen LogP contribution in [0.15, 0.2) is 24.3 Å². The maximum absolute atomic E-state index is 13.3. The molecule has 9 heteroatoms. The van der Waals surface area contributed by atoms with Gasteiger partial charge in [0.05, 0.1) is 18.2 Å². The Bertz CT molecular complexity index is 1020. The van der Waals surface area contributed by atoms with Gasteiger partial charge in [-0.3, -0.25) is 4.79 Å². The minimum Gasteiger partial charge on any atom is -0.507 e. The van der Waals surface area contributed by atoms with Crippen LogP contribution in [0, 0.1) is 6.92 Å². The number of aliphatic hydroxyl groups excluding tert-OH is 4. The van der Waals surface area contributed by atoms with E-state index in [0.717, 1.165) is 0 Å². The first kappa shape index (κ1) is 20.6. The summed E-state index contributed by atoms with van der Waals surface area (Å²) in [6.45, 7) is 1.71. The quantitative estimate of drug-likeness (QED) is 0.392. The number of aryl methyl sites for hydroxylation is 1. The molecule has 1 aliphatic heterocycles.